The molecule has 0 fully saturated rings. The Morgan fingerprint density at radius 1 is 1.15 bits per heavy atom. The summed E-state index contributed by atoms with van der Waals surface area (Å²) in [6.45, 7) is 8.68. The second-order valence-corrected chi connectivity index (χ2v) is 4.35. The smallest absolute Gasteiger partial charge is 0.101 e. The minimum absolute atomic E-state index is 0.233. The van der Waals surface area contributed by atoms with Crippen molar-refractivity contribution >= 4 is 0 Å². The highest BCUT2D eigenvalue weighted by molar-refractivity contribution is 5.21. The molecule has 0 amide bonds. The van der Waals surface area contributed by atoms with Crippen molar-refractivity contribution in [1.82, 2.24) is 0 Å². The second-order valence-electron chi connectivity index (χ2n) is 4.35. The highest BCUT2D eigenvalue weighted by atomic mass is 16.5. The van der Waals surface area contributed by atoms with E-state index in [9.17, 15) is 5.11 Å². The SMILES string of the molecule is C=C/C=C(\C=C)COCC(O)COCc1ccccc1. The summed E-state index contributed by atoms with van der Waals surface area (Å²) >= 11 is 0. The average Bonchev–Trinajstić information content (AvgIpc) is 2.47. The van der Waals surface area contributed by atoms with Gasteiger partial charge in [-0.1, -0.05) is 61.7 Å². The number of hydrogen-bond acceptors (Lipinski definition) is 3. The van der Waals surface area contributed by atoms with E-state index in [1.165, 1.54) is 0 Å². The zero-order chi connectivity index (χ0) is 14.6. The predicted octanol–water partition coefficient (Wildman–Crippen LogP) is 2.88. The van der Waals surface area contributed by atoms with Crippen LogP contribution in [0.2, 0.25) is 0 Å². The van der Waals surface area contributed by atoms with Crippen LogP contribution in [-0.4, -0.2) is 31.0 Å². The summed E-state index contributed by atoms with van der Waals surface area (Å²) in [5, 5.41) is 9.73. The van der Waals surface area contributed by atoms with E-state index in [1.807, 2.05) is 36.4 Å². The van der Waals surface area contributed by atoms with Crippen molar-refractivity contribution in [2.75, 3.05) is 19.8 Å². The molecule has 1 atom stereocenters. The topological polar surface area (TPSA) is 38.7 Å². The Hall–Kier alpha value is -1.68. The summed E-state index contributed by atoms with van der Waals surface area (Å²) in [7, 11) is 0. The molecule has 0 saturated carbocycles. The Balaban J connectivity index is 2.14. The van der Waals surface area contributed by atoms with E-state index in [0.29, 0.717) is 13.2 Å². The van der Waals surface area contributed by atoms with Crippen LogP contribution in [0.4, 0.5) is 0 Å². The van der Waals surface area contributed by atoms with Crippen LogP contribution in [0.15, 0.2) is 67.3 Å². The van der Waals surface area contributed by atoms with Crippen molar-refractivity contribution < 1.29 is 14.6 Å². The maximum Gasteiger partial charge on any atom is 0.101 e. The van der Waals surface area contributed by atoms with Crippen LogP contribution in [0, 0.1) is 0 Å². The summed E-state index contributed by atoms with van der Waals surface area (Å²) in [5.74, 6) is 0. The fraction of sp³-hybridized carbons (Fsp3) is 0.294. The van der Waals surface area contributed by atoms with E-state index in [1.54, 1.807) is 12.2 Å². The van der Waals surface area contributed by atoms with Gasteiger partial charge in [-0.3, -0.25) is 0 Å². The van der Waals surface area contributed by atoms with Gasteiger partial charge in [0.15, 0.2) is 0 Å². The van der Waals surface area contributed by atoms with Crippen molar-refractivity contribution in [2.45, 2.75) is 12.7 Å². The van der Waals surface area contributed by atoms with Gasteiger partial charge in [-0.2, -0.15) is 0 Å². The van der Waals surface area contributed by atoms with Gasteiger partial charge in [0.1, 0.15) is 6.10 Å². The lowest BCUT2D eigenvalue weighted by Gasteiger charge is -2.12. The largest absolute Gasteiger partial charge is 0.388 e. The molecule has 108 valence electrons. The molecule has 0 bridgehead atoms. The van der Waals surface area contributed by atoms with Gasteiger partial charge < -0.3 is 14.6 Å². The monoisotopic (exact) mass is 274 g/mol. The molecule has 1 N–H and O–H groups in total. The maximum atomic E-state index is 9.73. The van der Waals surface area contributed by atoms with Gasteiger partial charge in [-0.05, 0) is 11.1 Å². The highest BCUT2D eigenvalue weighted by Crippen LogP contribution is 2.02. The number of hydrogen-bond donors (Lipinski definition) is 1. The first-order valence-corrected chi connectivity index (χ1v) is 6.57. The van der Waals surface area contributed by atoms with Crippen LogP contribution in [0.5, 0.6) is 0 Å². The molecule has 1 rings (SSSR count). The lowest BCUT2D eigenvalue weighted by atomic mass is 10.2. The number of benzene rings is 1. The van der Waals surface area contributed by atoms with Crippen LogP contribution >= 0.6 is 0 Å². The second kappa shape index (κ2) is 10.1. The molecule has 0 saturated heterocycles. The molecule has 3 nitrogen and oxygen atoms in total. The van der Waals surface area contributed by atoms with Crippen molar-refractivity contribution in [3.8, 4) is 0 Å². The Kier molecular flexibility index (Phi) is 8.31. The lowest BCUT2D eigenvalue weighted by molar-refractivity contribution is -0.0187. The van der Waals surface area contributed by atoms with Gasteiger partial charge in [0.25, 0.3) is 0 Å². The van der Waals surface area contributed by atoms with E-state index in [0.717, 1.165) is 11.1 Å². The number of allylic oxidation sites excluding steroid dienone is 2. The molecule has 3 heteroatoms. The first-order chi connectivity index (χ1) is 9.76. The number of aliphatic hydroxyl groups is 1. The molecular weight excluding hydrogens is 252 g/mol. The third-order valence-corrected chi connectivity index (χ3v) is 2.59. The Bertz CT molecular complexity index is 423. The predicted molar refractivity (Wildman–Crippen MR) is 81.4 cm³/mol. The molecule has 1 aromatic rings. The van der Waals surface area contributed by atoms with Gasteiger partial charge in [0, 0.05) is 0 Å². The van der Waals surface area contributed by atoms with Crippen LogP contribution < -0.4 is 0 Å². The zero-order valence-electron chi connectivity index (χ0n) is 11.7. The maximum absolute atomic E-state index is 9.73. The molecule has 0 radical (unpaired) electrons. The molecule has 0 heterocycles. The molecular formula is C17H22O3. The summed E-state index contributed by atoms with van der Waals surface area (Å²) in [5.41, 5.74) is 2.01. The molecule has 0 aliphatic heterocycles. The first kappa shape index (κ1) is 16.4. The van der Waals surface area contributed by atoms with Crippen LogP contribution in [-0.2, 0) is 16.1 Å². The average molecular weight is 274 g/mol. The van der Waals surface area contributed by atoms with E-state index in [2.05, 4.69) is 13.2 Å². The molecule has 1 aromatic carbocycles. The quantitative estimate of drug-likeness (QED) is 0.667. The van der Waals surface area contributed by atoms with E-state index >= 15 is 0 Å². The summed E-state index contributed by atoms with van der Waals surface area (Å²) < 4.78 is 10.8. The van der Waals surface area contributed by atoms with E-state index in [-0.39, 0.29) is 13.2 Å². The van der Waals surface area contributed by atoms with E-state index in [4.69, 9.17) is 9.47 Å². The lowest BCUT2D eigenvalue weighted by Crippen LogP contribution is -2.22. The summed E-state index contributed by atoms with van der Waals surface area (Å²) in [6, 6.07) is 9.85. The number of ether oxygens (including phenoxy) is 2. The van der Waals surface area contributed by atoms with Gasteiger partial charge in [-0.25, -0.2) is 0 Å². The van der Waals surface area contributed by atoms with Crippen molar-refractivity contribution in [3.05, 3.63) is 72.9 Å². The van der Waals surface area contributed by atoms with Crippen molar-refractivity contribution in [1.29, 1.82) is 0 Å². The Labute approximate surface area is 120 Å². The molecule has 0 aliphatic carbocycles. The van der Waals surface area contributed by atoms with Crippen LogP contribution in [0.1, 0.15) is 5.56 Å². The molecule has 0 aromatic heterocycles. The standard InChI is InChI=1S/C17H22O3/c1-3-8-15(4-2)11-19-13-17(18)14-20-12-16-9-6-5-7-10-16/h3-10,17-18H,1-2,11-14H2/b15-8+. The normalized spacial score (nSPS) is 12.9. The summed E-state index contributed by atoms with van der Waals surface area (Å²) in [4.78, 5) is 0. The molecule has 1 unspecified atom stereocenters. The molecule has 20 heavy (non-hydrogen) atoms. The minimum Gasteiger partial charge on any atom is -0.388 e. The zero-order valence-corrected chi connectivity index (χ0v) is 11.7. The van der Waals surface area contributed by atoms with E-state index < -0.39 is 6.10 Å². The minimum atomic E-state index is -0.631. The highest BCUT2D eigenvalue weighted by Gasteiger charge is 2.05. The van der Waals surface area contributed by atoms with Crippen molar-refractivity contribution in [2.24, 2.45) is 0 Å². The van der Waals surface area contributed by atoms with Crippen LogP contribution in [0.3, 0.4) is 0 Å². The third kappa shape index (κ3) is 7.04. The van der Waals surface area contributed by atoms with Gasteiger partial charge in [0.2, 0.25) is 0 Å². The fourth-order valence-corrected chi connectivity index (χ4v) is 1.57. The number of rotatable bonds is 10. The Morgan fingerprint density at radius 2 is 1.85 bits per heavy atom. The molecule has 0 spiro atoms. The van der Waals surface area contributed by atoms with Gasteiger partial charge >= 0.3 is 0 Å². The van der Waals surface area contributed by atoms with Crippen molar-refractivity contribution in [3.63, 3.8) is 0 Å². The van der Waals surface area contributed by atoms with Crippen LogP contribution in [0.25, 0.3) is 0 Å². The van der Waals surface area contributed by atoms with Gasteiger partial charge in [0.05, 0.1) is 26.4 Å². The Morgan fingerprint density at radius 3 is 2.50 bits per heavy atom. The fourth-order valence-electron chi connectivity index (χ4n) is 1.57. The third-order valence-electron chi connectivity index (χ3n) is 2.59. The number of aliphatic hydroxyl groups excluding tert-OH is 1. The first-order valence-electron chi connectivity index (χ1n) is 6.57. The van der Waals surface area contributed by atoms with Gasteiger partial charge in [-0.15, -0.1) is 0 Å². The summed E-state index contributed by atoms with van der Waals surface area (Å²) in [6.07, 6.45) is 4.58. The molecule has 0 aliphatic rings.